The summed E-state index contributed by atoms with van der Waals surface area (Å²) in [6, 6.07) is 6.28. The maximum atomic E-state index is 11.9. The molecule has 0 spiro atoms. The average molecular weight is 459 g/mol. The maximum Gasteiger partial charge on any atom is 0.327 e. The molecule has 0 aliphatic heterocycles. The fourth-order valence-corrected chi connectivity index (χ4v) is 4.30. The van der Waals surface area contributed by atoms with Crippen molar-refractivity contribution < 1.29 is 24.2 Å². The Morgan fingerprint density at radius 1 is 1.18 bits per heavy atom. The van der Waals surface area contributed by atoms with Crippen molar-refractivity contribution in [1.29, 1.82) is 0 Å². The van der Waals surface area contributed by atoms with E-state index in [1.165, 1.54) is 18.7 Å². The molecule has 0 saturated heterocycles. The largest absolute Gasteiger partial charge is 0.481 e. The predicted octanol–water partition coefficient (Wildman–Crippen LogP) is 1.91. The summed E-state index contributed by atoms with van der Waals surface area (Å²) >= 11 is 0. The number of hydrogen-bond donors (Lipinski definition) is 3. The molecule has 3 N–H and O–H groups in total. The average Bonchev–Trinajstić information content (AvgIpc) is 3.24. The number of anilines is 1. The summed E-state index contributed by atoms with van der Waals surface area (Å²) in [5, 5.41) is 27.6. The molecule has 1 heterocycles. The number of nitrogens with zero attached hydrogens (tertiary/aromatic N) is 4. The number of ether oxygens (including phenoxy) is 1. The first-order valence-corrected chi connectivity index (χ1v) is 11.1. The molecule has 2 aromatic rings. The number of amides is 1. The Morgan fingerprint density at radius 2 is 1.88 bits per heavy atom. The highest BCUT2D eigenvalue weighted by Crippen LogP contribution is 2.31. The van der Waals surface area contributed by atoms with E-state index < -0.39 is 18.0 Å². The van der Waals surface area contributed by atoms with Crippen LogP contribution in [0.15, 0.2) is 24.3 Å². The van der Waals surface area contributed by atoms with Crippen LogP contribution in [-0.4, -0.2) is 56.3 Å². The summed E-state index contributed by atoms with van der Waals surface area (Å²) < 4.78 is 6.10. The Balaban J connectivity index is 1.95. The Bertz CT molecular complexity index is 954. The van der Waals surface area contributed by atoms with Crippen molar-refractivity contribution in [1.82, 2.24) is 25.5 Å². The van der Waals surface area contributed by atoms with E-state index in [-0.39, 0.29) is 30.8 Å². The van der Waals surface area contributed by atoms with E-state index in [9.17, 15) is 19.5 Å². The summed E-state index contributed by atoms with van der Waals surface area (Å²) in [7, 11) is 1.29. The van der Waals surface area contributed by atoms with E-state index in [1.54, 1.807) is 12.1 Å². The van der Waals surface area contributed by atoms with Gasteiger partial charge in [0.1, 0.15) is 6.54 Å². The van der Waals surface area contributed by atoms with Crippen molar-refractivity contribution in [2.24, 2.45) is 5.92 Å². The van der Waals surface area contributed by atoms with Gasteiger partial charge in [0.05, 0.1) is 19.6 Å². The Morgan fingerprint density at radius 3 is 2.48 bits per heavy atom. The Labute approximate surface area is 191 Å². The van der Waals surface area contributed by atoms with Crippen LogP contribution in [0.1, 0.15) is 62.9 Å². The van der Waals surface area contributed by atoms with Gasteiger partial charge in [0.2, 0.25) is 5.91 Å². The van der Waals surface area contributed by atoms with E-state index in [0.29, 0.717) is 11.5 Å². The monoisotopic (exact) mass is 458 g/mol. The van der Waals surface area contributed by atoms with E-state index in [2.05, 4.69) is 26.2 Å². The number of carboxylic acid groups (broad SMARTS) is 1. The van der Waals surface area contributed by atoms with Crippen molar-refractivity contribution in [3.8, 4) is 0 Å². The minimum Gasteiger partial charge on any atom is -0.481 e. The maximum absolute atomic E-state index is 11.9. The molecule has 1 aliphatic rings. The molecule has 178 valence electrons. The van der Waals surface area contributed by atoms with E-state index in [0.717, 1.165) is 37.7 Å². The molecule has 11 heteroatoms. The minimum atomic E-state index is -0.882. The van der Waals surface area contributed by atoms with Crippen molar-refractivity contribution in [3.05, 3.63) is 35.7 Å². The van der Waals surface area contributed by atoms with Crippen LogP contribution in [0.3, 0.4) is 0 Å². The fourth-order valence-electron chi connectivity index (χ4n) is 4.30. The van der Waals surface area contributed by atoms with Crippen molar-refractivity contribution >= 4 is 23.5 Å². The Kier molecular flexibility index (Phi) is 8.47. The zero-order chi connectivity index (χ0) is 23.8. The van der Waals surface area contributed by atoms with E-state index in [4.69, 9.17) is 4.74 Å². The van der Waals surface area contributed by atoms with Crippen LogP contribution < -0.4 is 10.6 Å². The third-order valence-electron chi connectivity index (χ3n) is 5.88. The van der Waals surface area contributed by atoms with Crippen LogP contribution in [0.25, 0.3) is 0 Å². The molecule has 2 unspecified atom stereocenters. The van der Waals surface area contributed by atoms with Gasteiger partial charge in [-0.3, -0.25) is 19.7 Å². The van der Waals surface area contributed by atoms with Gasteiger partial charge >= 0.3 is 11.9 Å². The molecule has 0 radical (unpaired) electrons. The lowest BCUT2D eigenvalue weighted by atomic mass is 9.82. The number of esters is 1. The summed E-state index contributed by atoms with van der Waals surface area (Å²) in [6.07, 6.45) is 5.15. The lowest BCUT2D eigenvalue weighted by Gasteiger charge is -2.33. The van der Waals surface area contributed by atoms with Gasteiger partial charge in [-0.15, -0.1) is 5.10 Å². The normalized spacial score (nSPS) is 16.1. The molecule has 0 bridgehead atoms. The molecule has 1 aromatic heterocycles. The molecule has 1 aliphatic carbocycles. The van der Waals surface area contributed by atoms with Crippen LogP contribution in [-0.2, 0) is 25.7 Å². The highest BCUT2D eigenvalue weighted by atomic mass is 16.5. The number of nitrogens with one attached hydrogen (secondary N) is 2. The van der Waals surface area contributed by atoms with Crippen molar-refractivity contribution in [2.75, 3.05) is 12.4 Å². The number of carbonyl (C=O) groups excluding carboxylic acids is 2. The smallest absolute Gasteiger partial charge is 0.327 e. The number of benzene rings is 1. The number of rotatable bonds is 10. The first kappa shape index (κ1) is 24.3. The van der Waals surface area contributed by atoms with Gasteiger partial charge in [-0.2, -0.15) is 0 Å². The number of aliphatic carboxylic acids is 1. The third kappa shape index (κ3) is 6.82. The second-order valence-electron chi connectivity index (χ2n) is 8.28. The second-order valence-corrected chi connectivity index (χ2v) is 8.28. The number of tetrazole rings is 1. The number of hydrogen-bond acceptors (Lipinski definition) is 8. The van der Waals surface area contributed by atoms with Gasteiger partial charge < -0.3 is 15.2 Å². The molecule has 1 amide bonds. The quantitative estimate of drug-likeness (QED) is 0.454. The van der Waals surface area contributed by atoms with Gasteiger partial charge in [0, 0.05) is 18.7 Å². The molecule has 11 nitrogen and oxygen atoms in total. The number of carbonyl (C=O) groups is 3. The molecular formula is C22H30N6O5. The molecular weight excluding hydrogens is 428 g/mol. The molecule has 3 rings (SSSR count). The van der Waals surface area contributed by atoms with Crippen LogP contribution in [0.5, 0.6) is 0 Å². The molecule has 33 heavy (non-hydrogen) atoms. The zero-order valence-electron chi connectivity index (χ0n) is 18.9. The third-order valence-corrected chi connectivity index (χ3v) is 5.88. The summed E-state index contributed by atoms with van der Waals surface area (Å²) in [5.41, 5.74) is 1.41. The van der Waals surface area contributed by atoms with Gasteiger partial charge in [0.15, 0.2) is 5.82 Å². The highest BCUT2D eigenvalue weighted by molar-refractivity contribution is 5.88. The standard InChI is InChI=1S/C22H30N6O5/c1-14(29)23-17-10-8-16(9-11-17)21(22-25-26-27-28(22)13-20(32)33-2)24-18(12-19(30)31)15-6-4-3-5-7-15/h8-11,15,18,21,24H,3-7,12-13H2,1-2H3,(H,23,29)(H,30,31). The van der Waals surface area contributed by atoms with Gasteiger partial charge in [-0.25, -0.2) is 4.68 Å². The van der Waals surface area contributed by atoms with Gasteiger partial charge in [0.25, 0.3) is 0 Å². The first-order valence-electron chi connectivity index (χ1n) is 11.1. The SMILES string of the molecule is COC(=O)Cn1nnnc1C(NC(CC(=O)O)C1CCCCC1)c1ccc(NC(C)=O)cc1. The highest BCUT2D eigenvalue weighted by Gasteiger charge is 2.31. The minimum absolute atomic E-state index is 0.0380. The van der Waals surface area contributed by atoms with Gasteiger partial charge in [-0.05, 0) is 46.9 Å². The topological polar surface area (TPSA) is 148 Å². The predicted molar refractivity (Wildman–Crippen MR) is 118 cm³/mol. The van der Waals surface area contributed by atoms with E-state index >= 15 is 0 Å². The lowest BCUT2D eigenvalue weighted by molar-refractivity contribution is -0.141. The molecule has 2 atom stereocenters. The summed E-state index contributed by atoms with van der Waals surface area (Å²) in [6.45, 7) is 1.26. The zero-order valence-corrected chi connectivity index (χ0v) is 18.9. The molecule has 1 aromatic carbocycles. The fraction of sp³-hybridized carbons (Fsp3) is 0.545. The first-order chi connectivity index (χ1) is 15.9. The van der Waals surface area contributed by atoms with Crippen LogP contribution in [0.2, 0.25) is 0 Å². The van der Waals surface area contributed by atoms with Crippen molar-refractivity contribution in [2.45, 2.75) is 64.1 Å². The molecule has 1 fully saturated rings. The van der Waals surface area contributed by atoms with Crippen LogP contribution >= 0.6 is 0 Å². The number of carboxylic acids is 1. The van der Waals surface area contributed by atoms with Gasteiger partial charge in [-0.1, -0.05) is 31.4 Å². The number of methoxy groups -OCH3 is 1. The number of aromatic nitrogens is 4. The lowest BCUT2D eigenvalue weighted by Crippen LogP contribution is -2.42. The Hall–Kier alpha value is -3.34. The second kappa shape index (κ2) is 11.5. The summed E-state index contributed by atoms with van der Waals surface area (Å²) in [4.78, 5) is 34.9. The van der Waals surface area contributed by atoms with Crippen molar-refractivity contribution in [3.63, 3.8) is 0 Å². The van der Waals surface area contributed by atoms with Crippen LogP contribution in [0, 0.1) is 5.92 Å². The van der Waals surface area contributed by atoms with Crippen LogP contribution in [0.4, 0.5) is 5.69 Å². The summed E-state index contributed by atoms with van der Waals surface area (Å²) in [5.74, 6) is -0.984. The van der Waals surface area contributed by atoms with E-state index in [1.807, 2.05) is 12.1 Å². The molecule has 1 saturated carbocycles.